The van der Waals surface area contributed by atoms with Crippen LogP contribution in [0.4, 0.5) is 5.95 Å². The van der Waals surface area contributed by atoms with Crippen molar-refractivity contribution in [1.82, 2.24) is 18.9 Å². The number of fused-ring (bicyclic) bond motifs is 1. The molecule has 0 amide bonds. The molecule has 0 radical (unpaired) electrons. The van der Waals surface area contributed by atoms with Crippen molar-refractivity contribution in [3.05, 3.63) is 64.6 Å². The van der Waals surface area contributed by atoms with Crippen molar-refractivity contribution in [3.63, 3.8) is 0 Å². The molecule has 0 saturated heterocycles. The van der Waals surface area contributed by atoms with Gasteiger partial charge in [-0.15, -0.1) is 0 Å². The molecule has 0 atom stereocenters. The molecule has 0 aliphatic heterocycles. The maximum Gasteiger partial charge on any atom is 0.268 e. The van der Waals surface area contributed by atoms with E-state index >= 15 is 0 Å². The van der Waals surface area contributed by atoms with Crippen LogP contribution < -0.4 is 10.5 Å². The first-order valence-corrected chi connectivity index (χ1v) is 11.2. The van der Waals surface area contributed by atoms with Crippen LogP contribution >= 0.6 is 0 Å². The number of nitrogens with two attached hydrogens (primary N) is 1. The zero-order valence-corrected chi connectivity index (χ0v) is 18.9. The molecule has 3 N–H and O–H groups in total. The Kier molecular flexibility index (Phi) is 5.25. The molecule has 1 aromatic carbocycles. The summed E-state index contributed by atoms with van der Waals surface area (Å²) in [7, 11) is -2.44. The summed E-state index contributed by atoms with van der Waals surface area (Å²) in [4.78, 5) is 12.6. The number of rotatable bonds is 5. The van der Waals surface area contributed by atoms with E-state index in [4.69, 9.17) is 10.5 Å². The zero-order chi connectivity index (χ0) is 23.2. The van der Waals surface area contributed by atoms with Crippen molar-refractivity contribution in [3.8, 4) is 11.6 Å². The Balaban J connectivity index is 1.94. The van der Waals surface area contributed by atoms with Crippen molar-refractivity contribution in [1.29, 1.82) is 0 Å². The molecule has 0 spiro atoms. The maximum atomic E-state index is 13.4. The summed E-state index contributed by atoms with van der Waals surface area (Å²) in [6.07, 6.45) is 3.39. The van der Waals surface area contributed by atoms with Crippen LogP contribution in [0.5, 0.6) is 11.6 Å². The number of nitrogen functional groups attached to an aromatic ring is 1. The molecule has 166 valence electrons. The van der Waals surface area contributed by atoms with E-state index in [0.29, 0.717) is 17.0 Å². The average Bonchev–Trinajstić information content (AvgIpc) is 3.10. The van der Waals surface area contributed by atoms with Gasteiger partial charge in [0.1, 0.15) is 16.8 Å². The Labute approximate surface area is 185 Å². The molecule has 0 unspecified atom stereocenters. The van der Waals surface area contributed by atoms with Gasteiger partial charge in [0.25, 0.3) is 10.0 Å². The van der Waals surface area contributed by atoms with Crippen LogP contribution in [0, 0.1) is 20.8 Å². The van der Waals surface area contributed by atoms with Gasteiger partial charge < -0.3 is 15.6 Å². The van der Waals surface area contributed by atoms with E-state index in [0.717, 1.165) is 20.7 Å². The van der Waals surface area contributed by atoms with Crippen molar-refractivity contribution in [2.24, 2.45) is 0 Å². The number of ether oxygens (including phenoxy) is 1. The summed E-state index contributed by atoms with van der Waals surface area (Å²) in [5.74, 6) is 0.0384. The van der Waals surface area contributed by atoms with Gasteiger partial charge in [0, 0.05) is 35.5 Å². The first-order valence-electron chi connectivity index (χ1n) is 9.81. The molecule has 4 rings (SSSR count). The lowest BCUT2D eigenvalue weighted by molar-refractivity contribution is 0.407. The van der Waals surface area contributed by atoms with E-state index in [-0.39, 0.29) is 28.3 Å². The first kappa shape index (κ1) is 21.6. The van der Waals surface area contributed by atoms with Crippen LogP contribution in [0.3, 0.4) is 0 Å². The van der Waals surface area contributed by atoms with Crippen LogP contribution in [0.15, 0.2) is 41.6 Å². The minimum atomic E-state index is -4.03. The average molecular weight is 454 g/mol. The quantitative estimate of drug-likeness (QED) is 0.471. The second kappa shape index (κ2) is 7.79. The first-order chi connectivity index (χ1) is 15.1. The number of benzene rings is 1. The lowest BCUT2D eigenvalue weighted by Gasteiger charge is -2.11. The molecule has 0 bridgehead atoms. The summed E-state index contributed by atoms with van der Waals surface area (Å²) in [6, 6.07) is 6.45. The van der Waals surface area contributed by atoms with Gasteiger partial charge in [0.05, 0.1) is 17.7 Å². The second-order valence-electron chi connectivity index (χ2n) is 7.59. The summed E-state index contributed by atoms with van der Waals surface area (Å²) >= 11 is 0. The molecule has 3 heterocycles. The molecule has 0 fully saturated rings. The normalized spacial score (nSPS) is 11.8. The number of nitrogens with zero attached hydrogens (tertiary/aromatic N) is 4. The third-order valence-corrected chi connectivity index (χ3v) is 7.04. The standard InChI is InChI=1S/C22H23N5O4S/c1-12-5-7-16(8-6-12)32(29,30)27-11-15(18-19(27)21(28)26-22(23)25-18)9-17-14(3)20(31-4)13(2)10-24-17/h5-8,10-11H,9H2,1-4H3,(H3,23,25,26,28). The van der Waals surface area contributed by atoms with Gasteiger partial charge in [-0.25, -0.2) is 17.4 Å². The third kappa shape index (κ3) is 3.52. The fourth-order valence-electron chi connectivity index (χ4n) is 3.73. The van der Waals surface area contributed by atoms with E-state index in [1.165, 1.54) is 18.3 Å². The number of pyridine rings is 1. The molecule has 32 heavy (non-hydrogen) atoms. The summed E-state index contributed by atoms with van der Waals surface area (Å²) < 4.78 is 33.3. The van der Waals surface area contributed by atoms with Gasteiger partial charge >= 0.3 is 0 Å². The van der Waals surface area contributed by atoms with Crippen molar-refractivity contribution in [2.75, 3.05) is 12.8 Å². The van der Waals surface area contributed by atoms with Gasteiger partial charge in [0.2, 0.25) is 11.8 Å². The lowest BCUT2D eigenvalue weighted by Crippen LogP contribution is -2.12. The number of aromatic hydroxyl groups is 1. The Morgan fingerprint density at radius 2 is 1.81 bits per heavy atom. The molecular weight excluding hydrogens is 430 g/mol. The van der Waals surface area contributed by atoms with Gasteiger partial charge in [0.15, 0.2) is 0 Å². The summed E-state index contributed by atoms with van der Waals surface area (Å²) in [5.41, 5.74) is 9.83. The molecule has 4 aromatic rings. The molecule has 3 aromatic heterocycles. The molecular formula is C22H23N5O4S. The summed E-state index contributed by atoms with van der Waals surface area (Å²) in [6.45, 7) is 5.65. The van der Waals surface area contributed by atoms with Crippen molar-refractivity contribution in [2.45, 2.75) is 32.1 Å². The van der Waals surface area contributed by atoms with Crippen LogP contribution in [-0.2, 0) is 16.4 Å². The SMILES string of the molecule is COc1c(C)cnc(Cc2cn(S(=O)(=O)c3ccc(C)cc3)c3c(O)nc(N)nc23)c1C. The Morgan fingerprint density at radius 3 is 2.47 bits per heavy atom. The minimum absolute atomic E-state index is 0.0356. The monoisotopic (exact) mass is 453 g/mol. The molecule has 0 aliphatic rings. The van der Waals surface area contributed by atoms with Gasteiger partial charge in [-0.3, -0.25) is 4.98 Å². The molecule has 0 saturated carbocycles. The summed E-state index contributed by atoms with van der Waals surface area (Å²) in [5, 5.41) is 10.5. The van der Waals surface area contributed by atoms with Gasteiger partial charge in [-0.2, -0.15) is 4.98 Å². The number of hydrogen-bond acceptors (Lipinski definition) is 8. The predicted molar refractivity (Wildman–Crippen MR) is 120 cm³/mol. The Morgan fingerprint density at radius 1 is 1.12 bits per heavy atom. The fourth-order valence-corrected chi connectivity index (χ4v) is 5.11. The number of aryl methyl sites for hydroxylation is 2. The van der Waals surface area contributed by atoms with E-state index in [1.54, 1.807) is 25.4 Å². The number of anilines is 1. The van der Waals surface area contributed by atoms with Crippen LogP contribution in [-0.4, -0.2) is 39.6 Å². The number of aromatic nitrogens is 4. The van der Waals surface area contributed by atoms with Crippen LogP contribution in [0.1, 0.15) is 27.9 Å². The van der Waals surface area contributed by atoms with Gasteiger partial charge in [-0.1, -0.05) is 17.7 Å². The van der Waals surface area contributed by atoms with Crippen molar-refractivity contribution < 1.29 is 18.3 Å². The number of hydrogen-bond donors (Lipinski definition) is 2. The van der Waals surface area contributed by atoms with Crippen molar-refractivity contribution >= 4 is 27.0 Å². The van der Waals surface area contributed by atoms with E-state index in [1.807, 2.05) is 20.8 Å². The highest BCUT2D eigenvalue weighted by Gasteiger charge is 2.26. The zero-order valence-electron chi connectivity index (χ0n) is 18.1. The molecule has 0 aliphatic carbocycles. The predicted octanol–water partition coefficient (Wildman–Crippen LogP) is 2.88. The molecule has 9 nitrogen and oxygen atoms in total. The highest BCUT2D eigenvalue weighted by atomic mass is 32.2. The highest BCUT2D eigenvalue weighted by molar-refractivity contribution is 7.90. The second-order valence-corrected chi connectivity index (χ2v) is 9.41. The highest BCUT2D eigenvalue weighted by Crippen LogP contribution is 2.33. The lowest BCUT2D eigenvalue weighted by atomic mass is 10.0. The third-order valence-electron chi connectivity index (χ3n) is 5.37. The number of methoxy groups -OCH3 is 1. The largest absolute Gasteiger partial charge is 0.496 e. The fraction of sp³-hybridized carbons (Fsp3) is 0.227. The Bertz CT molecular complexity index is 1440. The minimum Gasteiger partial charge on any atom is -0.496 e. The van der Waals surface area contributed by atoms with E-state index < -0.39 is 15.9 Å². The van der Waals surface area contributed by atoms with Gasteiger partial charge in [-0.05, 0) is 32.9 Å². The maximum absolute atomic E-state index is 13.4. The Hall–Kier alpha value is -3.66. The van der Waals surface area contributed by atoms with Crippen LogP contribution in [0.25, 0.3) is 11.0 Å². The van der Waals surface area contributed by atoms with Crippen LogP contribution in [0.2, 0.25) is 0 Å². The van der Waals surface area contributed by atoms with E-state index in [2.05, 4.69) is 15.0 Å². The van der Waals surface area contributed by atoms with E-state index in [9.17, 15) is 13.5 Å². The topological polar surface area (TPSA) is 133 Å². The molecule has 10 heteroatoms. The smallest absolute Gasteiger partial charge is 0.268 e.